The third-order valence-corrected chi connectivity index (χ3v) is 4.80. The molecule has 0 bridgehead atoms. The average Bonchev–Trinajstić information content (AvgIpc) is 2.65. The van der Waals surface area contributed by atoms with Crippen molar-refractivity contribution in [2.75, 3.05) is 13.2 Å². The van der Waals surface area contributed by atoms with E-state index in [-0.39, 0.29) is 24.9 Å². The number of aliphatic hydroxyl groups is 2. The third kappa shape index (κ3) is 16.7. The van der Waals surface area contributed by atoms with Gasteiger partial charge in [0.25, 0.3) is 0 Å². The molecule has 0 aromatic heterocycles. The van der Waals surface area contributed by atoms with Crippen LogP contribution in [0.4, 0.5) is 0 Å². The van der Waals surface area contributed by atoms with Crippen molar-refractivity contribution in [1.29, 1.82) is 0 Å². The molecule has 0 saturated carbocycles. The van der Waals surface area contributed by atoms with Gasteiger partial charge in [-0.3, -0.25) is 4.79 Å². The van der Waals surface area contributed by atoms with E-state index >= 15 is 0 Å². The minimum atomic E-state index is -1.01. The Morgan fingerprint density at radius 2 is 1.41 bits per heavy atom. The number of aliphatic carboxylic acids is 1. The van der Waals surface area contributed by atoms with Gasteiger partial charge in [0, 0.05) is 5.97 Å². The molecule has 6 nitrogen and oxygen atoms in total. The van der Waals surface area contributed by atoms with Crippen LogP contribution >= 0.6 is 0 Å². The highest BCUT2D eigenvalue weighted by Crippen LogP contribution is 2.20. The molecule has 0 saturated heterocycles. The van der Waals surface area contributed by atoms with Crippen LogP contribution in [0.25, 0.3) is 0 Å². The largest absolute Gasteiger partial charge is 0.550 e. The van der Waals surface area contributed by atoms with Crippen LogP contribution in [0.5, 0.6) is 0 Å². The van der Waals surface area contributed by atoms with Crippen molar-refractivity contribution in [3.63, 3.8) is 0 Å². The Balaban J connectivity index is 3.97. The summed E-state index contributed by atoms with van der Waals surface area (Å²) in [5.41, 5.74) is 0. The van der Waals surface area contributed by atoms with Gasteiger partial charge in [-0.2, -0.15) is 0 Å². The summed E-state index contributed by atoms with van der Waals surface area (Å²) in [6, 6.07) is 0. The second kappa shape index (κ2) is 18.2. The van der Waals surface area contributed by atoms with Crippen LogP contribution in [0.1, 0.15) is 96.8 Å². The Labute approximate surface area is 164 Å². The van der Waals surface area contributed by atoms with Crippen LogP contribution in [0, 0.1) is 5.92 Å². The van der Waals surface area contributed by atoms with E-state index in [0.717, 1.165) is 70.6 Å². The molecule has 2 unspecified atom stereocenters. The zero-order valence-corrected chi connectivity index (χ0v) is 17.0. The van der Waals surface area contributed by atoms with Crippen LogP contribution < -0.4 is 5.11 Å². The first-order chi connectivity index (χ1) is 13.0. The van der Waals surface area contributed by atoms with Gasteiger partial charge in [0.15, 0.2) is 0 Å². The van der Waals surface area contributed by atoms with Crippen LogP contribution in [0.15, 0.2) is 0 Å². The Morgan fingerprint density at radius 1 is 0.889 bits per heavy atom. The Hall–Kier alpha value is -1.14. The van der Waals surface area contributed by atoms with E-state index in [1.165, 1.54) is 6.42 Å². The van der Waals surface area contributed by atoms with Gasteiger partial charge in [0.2, 0.25) is 0 Å². The highest BCUT2D eigenvalue weighted by atomic mass is 16.5. The lowest BCUT2D eigenvalue weighted by Crippen LogP contribution is -2.25. The lowest BCUT2D eigenvalue weighted by Gasteiger charge is -2.17. The average molecular weight is 388 g/mol. The molecule has 0 aliphatic heterocycles. The normalized spacial score (nSPS) is 13.3. The van der Waals surface area contributed by atoms with Gasteiger partial charge in [0.1, 0.15) is 12.7 Å². The molecule has 0 aromatic rings. The second-order valence-electron chi connectivity index (χ2n) is 7.40. The van der Waals surface area contributed by atoms with Crippen molar-refractivity contribution < 1.29 is 29.6 Å². The molecular formula is C21H39O6-. The van der Waals surface area contributed by atoms with E-state index in [9.17, 15) is 19.8 Å². The summed E-state index contributed by atoms with van der Waals surface area (Å²) < 4.78 is 5.15. The summed E-state index contributed by atoms with van der Waals surface area (Å²) in [4.78, 5) is 22.6. The standard InChI is InChI=1S/C21H40O6/c1-2-3-4-10-13-18(21(26)27-17-19(23)16-22)14-11-8-6-5-7-9-12-15-20(24)25/h18-19,22-23H,2-17H2,1H3,(H,24,25)/p-1. The maximum Gasteiger partial charge on any atom is 0.309 e. The molecule has 0 aliphatic rings. The number of carboxylic acids is 1. The molecule has 0 heterocycles. The molecule has 0 aliphatic carbocycles. The molecule has 0 spiro atoms. The maximum absolute atomic E-state index is 12.3. The summed E-state index contributed by atoms with van der Waals surface area (Å²) in [7, 11) is 0. The molecule has 0 radical (unpaired) electrons. The van der Waals surface area contributed by atoms with Gasteiger partial charge in [-0.05, 0) is 25.7 Å². The molecule has 0 amide bonds. The number of esters is 1. The number of rotatable bonds is 19. The number of carbonyl (C=O) groups is 2. The monoisotopic (exact) mass is 387 g/mol. The first kappa shape index (κ1) is 25.9. The first-order valence-corrected chi connectivity index (χ1v) is 10.7. The summed E-state index contributed by atoms with van der Waals surface area (Å²) in [5, 5.41) is 28.5. The van der Waals surface area contributed by atoms with Crippen molar-refractivity contribution in [1.82, 2.24) is 0 Å². The SMILES string of the molecule is CCCCCCC(CCCCCCCCCC(=O)[O-])C(=O)OCC(O)CO. The van der Waals surface area contributed by atoms with E-state index in [2.05, 4.69) is 6.92 Å². The van der Waals surface area contributed by atoms with E-state index in [1.54, 1.807) is 0 Å². The summed E-state index contributed by atoms with van der Waals surface area (Å²) in [6.07, 6.45) is 12.0. The fourth-order valence-corrected chi connectivity index (χ4v) is 3.09. The van der Waals surface area contributed by atoms with Crippen LogP contribution in [-0.2, 0) is 14.3 Å². The molecule has 0 rings (SSSR count). The number of carbonyl (C=O) groups excluding carboxylic acids is 2. The van der Waals surface area contributed by atoms with Gasteiger partial charge < -0.3 is 24.9 Å². The molecule has 0 aromatic carbocycles. The Kier molecular flexibility index (Phi) is 17.5. The maximum atomic E-state index is 12.3. The predicted octanol–water partition coefficient (Wildman–Crippen LogP) is 2.73. The van der Waals surface area contributed by atoms with Gasteiger partial charge in [-0.15, -0.1) is 0 Å². The van der Waals surface area contributed by atoms with Crippen molar-refractivity contribution in [3.05, 3.63) is 0 Å². The number of hydrogen-bond acceptors (Lipinski definition) is 6. The van der Waals surface area contributed by atoms with Crippen LogP contribution in [0.3, 0.4) is 0 Å². The second-order valence-corrected chi connectivity index (χ2v) is 7.40. The predicted molar refractivity (Wildman–Crippen MR) is 103 cm³/mol. The van der Waals surface area contributed by atoms with Gasteiger partial charge in [-0.1, -0.05) is 71.1 Å². The zero-order chi connectivity index (χ0) is 20.3. The summed E-state index contributed by atoms with van der Waals surface area (Å²) in [6.45, 7) is 1.60. The number of unbranched alkanes of at least 4 members (excludes halogenated alkanes) is 9. The Bertz CT molecular complexity index is 372. The van der Waals surface area contributed by atoms with Crippen LogP contribution in [0.2, 0.25) is 0 Å². The minimum Gasteiger partial charge on any atom is -0.550 e. The van der Waals surface area contributed by atoms with Crippen molar-refractivity contribution >= 4 is 11.9 Å². The minimum absolute atomic E-state index is 0.129. The molecule has 6 heteroatoms. The smallest absolute Gasteiger partial charge is 0.309 e. The van der Waals surface area contributed by atoms with E-state index in [1.807, 2.05) is 0 Å². The van der Waals surface area contributed by atoms with E-state index in [0.29, 0.717) is 6.42 Å². The quantitative estimate of drug-likeness (QED) is 0.261. The molecule has 27 heavy (non-hydrogen) atoms. The van der Waals surface area contributed by atoms with Gasteiger partial charge in [-0.25, -0.2) is 0 Å². The van der Waals surface area contributed by atoms with Crippen molar-refractivity contribution in [2.45, 2.75) is 103 Å². The third-order valence-electron chi connectivity index (χ3n) is 4.80. The Morgan fingerprint density at radius 3 is 1.93 bits per heavy atom. The van der Waals surface area contributed by atoms with Crippen molar-refractivity contribution in [3.8, 4) is 0 Å². The molecule has 2 N–H and O–H groups in total. The van der Waals surface area contributed by atoms with E-state index in [4.69, 9.17) is 9.84 Å². The number of aliphatic hydroxyl groups excluding tert-OH is 2. The first-order valence-electron chi connectivity index (χ1n) is 10.7. The molecule has 160 valence electrons. The lowest BCUT2D eigenvalue weighted by molar-refractivity contribution is -0.305. The van der Waals surface area contributed by atoms with E-state index < -0.39 is 18.7 Å². The lowest BCUT2D eigenvalue weighted by atomic mass is 9.94. The number of hydrogen-bond donors (Lipinski definition) is 2. The topological polar surface area (TPSA) is 107 Å². The summed E-state index contributed by atoms with van der Waals surface area (Å²) >= 11 is 0. The van der Waals surface area contributed by atoms with Gasteiger partial charge >= 0.3 is 5.97 Å². The molecule has 2 atom stereocenters. The highest BCUT2D eigenvalue weighted by molar-refractivity contribution is 5.72. The molecule has 0 fully saturated rings. The van der Waals surface area contributed by atoms with Crippen LogP contribution in [-0.4, -0.2) is 41.5 Å². The molecular weight excluding hydrogens is 348 g/mol. The fraction of sp³-hybridized carbons (Fsp3) is 0.905. The summed E-state index contributed by atoms with van der Waals surface area (Å²) in [5.74, 6) is -1.37. The fourth-order valence-electron chi connectivity index (χ4n) is 3.09. The zero-order valence-electron chi connectivity index (χ0n) is 17.0. The van der Waals surface area contributed by atoms with Gasteiger partial charge in [0.05, 0.1) is 12.5 Å². The highest BCUT2D eigenvalue weighted by Gasteiger charge is 2.20. The number of carboxylic acid groups (broad SMARTS) is 1. The van der Waals surface area contributed by atoms with Crippen molar-refractivity contribution in [2.24, 2.45) is 5.92 Å². The number of ether oxygens (including phenoxy) is 1.